The molecule has 1 aliphatic heterocycles. The zero-order chi connectivity index (χ0) is 19.9. The highest BCUT2D eigenvalue weighted by Gasteiger charge is 2.33. The fourth-order valence-electron chi connectivity index (χ4n) is 3.62. The van der Waals surface area contributed by atoms with E-state index in [9.17, 15) is 4.79 Å². The lowest BCUT2D eigenvalue weighted by Crippen LogP contribution is -2.50. The summed E-state index contributed by atoms with van der Waals surface area (Å²) in [5.41, 5.74) is 2.55. The third kappa shape index (κ3) is 5.78. The minimum atomic E-state index is -0.339. The standard InChI is InChI=1S/C21H33N5O2/c1-4-28-21(27)25-19(16-7-8-16)13-23-20(22-3)24-17-11-12-26(14-17)18-9-5-15(2)6-10-18/h5-6,9-10,16-17,19H,4,7-8,11-14H2,1-3H3,(H,25,27)(H2,22,23,24). The Balaban J connectivity index is 1.46. The van der Waals surface area contributed by atoms with Crippen LogP contribution in [0.3, 0.4) is 0 Å². The van der Waals surface area contributed by atoms with Gasteiger partial charge in [0.1, 0.15) is 0 Å². The Morgan fingerprint density at radius 1 is 1.29 bits per heavy atom. The Morgan fingerprint density at radius 2 is 2.04 bits per heavy atom. The molecule has 1 aliphatic carbocycles. The Morgan fingerprint density at radius 3 is 2.68 bits per heavy atom. The predicted octanol–water partition coefficient (Wildman–Crippen LogP) is 2.26. The van der Waals surface area contributed by atoms with Crippen molar-refractivity contribution in [3.05, 3.63) is 29.8 Å². The number of carbonyl (C=O) groups is 1. The zero-order valence-corrected chi connectivity index (χ0v) is 17.2. The average Bonchev–Trinajstić information content (AvgIpc) is 3.43. The van der Waals surface area contributed by atoms with E-state index in [1.165, 1.54) is 11.3 Å². The molecule has 2 fully saturated rings. The lowest BCUT2D eigenvalue weighted by molar-refractivity contribution is 0.146. The number of benzene rings is 1. The van der Waals surface area contributed by atoms with E-state index in [0.29, 0.717) is 25.1 Å². The second-order valence-electron chi connectivity index (χ2n) is 7.67. The summed E-state index contributed by atoms with van der Waals surface area (Å²) >= 11 is 0. The van der Waals surface area contributed by atoms with Gasteiger partial charge in [-0.3, -0.25) is 4.99 Å². The average molecular weight is 388 g/mol. The van der Waals surface area contributed by atoms with Crippen molar-refractivity contribution in [3.8, 4) is 0 Å². The summed E-state index contributed by atoms with van der Waals surface area (Å²) in [7, 11) is 1.78. The summed E-state index contributed by atoms with van der Waals surface area (Å²) in [6, 6.07) is 9.11. The normalized spacial score (nSPS) is 20.6. The van der Waals surface area contributed by atoms with Crippen molar-refractivity contribution < 1.29 is 9.53 Å². The molecule has 1 aromatic rings. The van der Waals surface area contributed by atoms with Crippen LogP contribution in [0.2, 0.25) is 0 Å². The molecule has 1 aromatic carbocycles. The number of aryl methyl sites for hydroxylation is 1. The third-order valence-corrected chi connectivity index (χ3v) is 5.41. The van der Waals surface area contributed by atoms with Gasteiger partial charge in [0.15, 0.2) is 5.96 Å². The molecule has 28 heavy (non-hydrogen) atoms. The fourth-order valence-corrected chi connectivity index (χ4v) is 3.62. The van der Waals surface area contributed by atoms with Gasteiger partial charge < -0.3 is 25.6 Å². The number of hydrogen-bond donors (Lipinski definition) is 3. The summed E-state index contributed by atoms with van der Waals surface area (Å²) < 4.78 is 5.02. The van der Waals surface area contributed by atoms with Crippen LogP contribution in [-0.4, -0.2) is 57.4 Å². The maximum atomic E-state index is 11.8. The molecule has 3 rings (SSSR count). The first kappa shape index (κ1) is 20.3. The minimum absolute atomic E-state index is 0.0743. The topological polar surface area (TPSA) is 78.0 Å². The number of rotatable bonds is 7. The SMILES string of the molecule is CCOC(=O)NC(CNC(=NC)NC1CCN(c2ccc(C)cc2)C1)C1CC1. The summed E-state index contributed by atoms with van der Waals surface area (Å²) in [6.45, 7) is 6.96. The van der Waals surface area contributed by atoms with Crippen LogP contribution in [0, 0.1) is 12.8 Å². The van der Waals surface area contributed by atoms with Crippen LogP contribution < -0.4 is 20.9 Å². The molecule has 7 heteroatoms. The van der Waals surface area contributed by atoms with Crippen molar-refractivity contribution in [3.63, 3.8) is 0 Å². The van der Waals surface area contributed by atoms with E-state index >= 15 is 0 Å². The highest BCUT2D eigenvalue weighted by Crippen LogP contribution is 2.32. The highest BCUT2D eigenvalue weighted by atomic mass is 16.5. The molecule has 1 heterocycles. The molecule has 0 aromatic heterocycles. The number of anilines is 1. The first-order chi connectivity index (χ1) is 13.6. The van der Waals surface area contributed by atoms with E-state index < -0.39 is 0 Å². The van der Waals surface area contributed by atoms with Gasteiger partial charge in [-0.15, -0.1) is 0 Å². The molecule has 3 N–H and O–H groups in total. The van der Waals surface area contributed by atoms with Crippen LogP contribution in [0.25, 0.3) is 0 Å². The van der Waals surface area contributed by atoms with Gasteiger partial charge in [0.25, 0.3) is 0 Å². The molecule has 2 aliphatic rings. The lowest BCUT2D eigenvalue weighted by Gasteiger charge is -2.23. The van der Waals surface area contributed by atoms with Crippen molar-refractivity contribution in [1.29, 1.82) is 0 Å². The number of alkyl carbamates (subject to hydrolysis) is 1. The van der Waals surface area contributed by atoms with Gasteiger partial charge in [0, 0.05) is 38.4 Å². The Labute approximate surface area is 167 Å². The van der Waals surface area contributed by atoms with Crippen molar-refractivity contribution in [2.45, 2.75) is 45.2 Å². The number of ether oxygens (including phenoxy) is 1. The molecule has 0 spiro atoms. The number of nitrogens with zero attached hydrogens (tertiary/aromatic N) is 2. The van der Waals surface area contributed by atoms with Crippen molar-refractivity contribution in [2.24, 2.45) is 10.9 Å². The minimum Gasteiger partial charge on any atom is -0.450 e. The maximum absolute atomic E-state index is 11.8. The highest BCUT2D eigenvalue weighted by molar-refractivity contribution is 5.80. The van der Waals surface area contributed by atoms with Gasteiger partial charge in [-0.25, -0.2) is 4.79 Å². The molecule has 7 nitrogen and oxygen atoms in total. The van der Waals surface area contributed by atoms with Gasteiger partial charge >= 0.3 is 6.09 Å². The zero-order valence-electron chi connectivity index (χ0n) is 17.2. The van der Waals surface area contributed by atoms with E-state index in [2.05, 4.69) is 57.0 Å². The third-order valence-electron chi connectivity index (χ3n) is 5.41. The summed E-state index contributed by atoms with van der Waals surface area (Å²) in [4.78, 5) is 18.5. The van der Waals surface area contributed by atoms with E-state index in [1.54, 1.807) is 7.05 Å². The summed E-state index contributed by atoms with van der Waals surface area (Å²) in [5.74, 6) is 1.31. The molecular weight excluding hydrogens is 354 g/mol. The number of guanidine groups is 1. The second kappa shape index (κ2) is 9.66. The van der Waals surface area contributed by atoms with E-state index in [-0.39, 0.29) is 12.1 Å². The van der Waals surface area contributed by atoms with Gasteiger partial charge in [0.05, 0.1) is 12.6 Å². The van der Waals surface area contributed by atoms with Crippen molar-refractivity contribution in [2.75, 3.05) is 38.2 Å². The van der Waals surface area contributed by atoms with Crippen LogP contribution >= 0.6 is 0 Å². The van der Waals surface area contributed by atoms with Crippen molar-refractivity contribution in [1.82, 2.24) is 16.0 Å². The van der Waals surface area contributed by atoms with Crippen LogP contribution in [0.5, 0.6) is 0 Å². The van der Waals surface area contributed by atoms with E-state index in [1.807, 2.05) is 6.92 Å². The molecule has 2 unspecified atom stereocenters. The molecule has 1 saturated heterocycles. The first-order valence-electron chi connectivity index (χ1n) is 10.3. The van der Waals surface area contributed by atoms with Crippen LogP contribution in [-0.2, 0) is 4.74 Å². The quantitative estimate of drug-likeness (QED) is 0.494. The number of carbonyl (C=O) groups excluding carboxylic acids is 1. The number of nitrogens with one attached hydrogen (secondary N) is 3. The Kier molecular flexibility index (Phi) is 7.01. The monoisotopic (exact) mass is 387 g/mol. The fraction of sp³-hybridized carbons (Fsp3) is 0.619. The largest absolute Gasteiger partial charge is 0.450 e. The molecular formula is C21H33N5O2. The van der Waals surface area contributed by atoms with E-state index in [4.69, 9.17) is 4.74 Å². The van der Waals surface area contributed by atoms with Gasteiger partial charge in [-0.2, -0.15) is 0 Å². The lowest BCUT2D eigenvalue weighted by atomic mass is 10.2. The summed E-state index contributed by atoms with van der Waals surface area (Å²) in [5, 5.41) is 9.87. The number of amides is 1. The van der Waals surface area contributed by atoms with Crippen molar-refractivity contribution >= 4 is 17.7 Å². The van der Waals surface area contributed by atoms with Gasteiger partial charge in [0.2, 0.25) is 0 Å². The Bertz CT molecular complexity index is 672. The Hall–Kier alpha value is -2.44. The summed E-state index contributed by atoms with van der Waals surface area (Å²) in [6.07, 6.45) is 3.04. The van der Waals surface area contributed by atoms with Crippen LogP contribution in [0.1, 0.15) is 31.7 Å². The van der Waals surface area contributed by atoms with Gasteiger partial charge in [-0.05, 0) is 51.2 Å². The van der Waals surface area contributed by atoms with Crippen LogP contribution in [0.15, 0.2) is 29.3 Å². The smallest absolute Gasteiger partial charge is 0.407 e. The van der Waals surface area contributed by atoms with E-state index in [0.717, 1.165) is 38.3 Å². The molecule has 0 radical (unpaired) electrons. The number of hydrogen-bond acceptors (Lipinski definition) is 4. The second-order valence-corrected chi connectivity index (χ2v) is 7.67. The maximum Gasteiger partial charge on any atom is 0.407 e. The predicted molar refractivity (Wildman–Crippen MR) is 113 cm³/mol. The molecule has 1 amide bonds. The van der Waals surface area contributed by atoms with Gasteiger partial charge in [-0.1, -0.05) is 17.7 Å². The molecule has 0 bridgehead atoms. The first-order valence-corrected chi connectivity index (χ1v) is 10.3. The molecule has 154 valence electrons. The van der Waals surface area contributed by atoms with Crippen LogP contribution in [0.4, 0.5) is 10.5 Å². The molecule has 2 atom stereocenters. The molecule has 1 saturated carbocycles. The number of aliphatic imine (C=N–C) groups is 1.